The Kier molecular flexibility index (Phi) is 6.56. The summed E-state index contributed by atoms with van der Waals surface area (Å²) >= 11 is 0. The van der Waals surface area contributed by atoms with Crippen molar-refractivity contribution in [3.8, 4) is 5.75 Å². The van der Waals surface area contributed by atoms with Crippen LogP contribution in [0.5, 0.6) is 5.75 Å². The van der Waals surface area contributed by atoms with Crippen LogP contribution in [0.3, 0.4) is 0 Å². The molecule has 7 heteroatoms. The third-order valence-electron chi connectivity index (χ3n) is 3.66. The van der Waals surface area contributed by atoms with Gasteiger partial charge >= 0.3 is 0 Å². The largest absolute Gasteiger partial charge is 0.487 e. The van der Waals surface area contributed by atoms with Crippen LogP contribution in [0.4, 0.5) is 4.39 Å². The quantitative estimate of drug-likeness (QED) is 0.564. The number of rotatable bonds is 8. The first-order valence-electron chi connectivity index (χ1n) is 8.19. The fourth-order valence-electron chi connectivity index (χ4n) is 2.27. The molecule has 6 nitrogen and oxygen atoms in total. The molecule has 1 heterocycles. The van der Waals surface area contributed by atoms with Crippen LogP contribution in [0.25, 0.3) is 0 Å². The molecule has 2 rings (SSSR count). The number of pyridine rings is 1. The van der Waals surface area contributed by atoms with Gasteiger partial charge in [0.05, 0.1) is 6.61 Å². The fraction of sp³-hybridized carbons (Fsp3) is 0.333. The molecule has 0 spiro atoms. The van der Waals surface area contributed by atoms with Gasteiger partial charge in [0.1, 0.15) is 5.82 Å². The van der Waals surface area contributed by atoms with Gasteiger partial charge in [0.2, 0.25) is 5.43 Å². The summed E-state index contributed by atoms with van der Waals surface area (Å²) in [6.07, 6.45) is 3.52. The number of benzene rings is 1. The van der Waals surface area contributed by atoms with E-state index in [0.717, 1.165) is 23.1 Å². The van der Waals surface area contributed by atoms with E-state index in [0.29, 0.717) is 19.6 Å². The topological polar surface area (TPSA) is 86.3 Å². The summed E-state index contributed by atoms with van der Waals surface area (Å²) < 4.78 is 19.4. The molecule has 1 aromatic heterocycles. The lowest BCUT2D eigenvalue weighted by molar-refractivity contribution is 0.0940. The Labute approximate surface area is 145 Å². The lowest BCUT2D eigenvalue weighted by Gasteiger charge is -2.14. The van der Waals surface area contributed by atoms with Crippen LogP contribution in [0.15, 0.2) is 41.3 Å². The lowest BCUT2D eigenvalue weighted by atomic mass is 10.1. The third kappa shape index (κ3) is 5.07. The Bertz CT molecular complexity index is 772. The molecule has 25 heavy (non-hydrogen) atoms. The number of hydrogen-bond acceptors (Lipinski definition) is 4. The van der Waals surface area contributed by atoms with Crippen LogP contribution in [-0.4, -0.2) is 23.7 Å². The van der Waals surface area contributed by atoms with Crippen LogP contribution in [0.2, 0.25) is 0 Å². The molecule has 0 atom stereocenters. The lowest BCUT2D eigenvalue weighted by Crippen LogP contribution is -2.33. The molecule has 134 valence electrons. The minimum absolute atomic E-state index is 0.0114. The number of carbonyl (C=O) groups excluding carboxylic acids is 1. The van der Waals surface area contributed by atoms with Gasteiger partial charge in [-0.25, -0.2) is 4.39 Å². The molecule has 0 saturated carbocycles. The van der Waals surface area contributed by atoms with Crippen molar-refractivity contribution in [2.75, 3.05) is 19.0 Å². The van der Waals surface area contributed by atoms with E-state index in [9.17, 15) is 14.0 Å². The van der Waals surface area contributed by atoms with Gasteiger partial charge in [-0.05, 0) is 30.5 Å². The van der Waals surface area contributed by atoms with Crippen molar-refractivity contribution in [3.63, 3.8) is 0 Å². The number of nitrogens with one attached hydrogen (secondary N) is 1. The van der Waals surface area contributed by atoms with E-state index in [1.54, 1.807) is 12.1 Å². The van der Waals surface area contributed by atoms with E-state index in [2.05, 4.69) is 5.32 Å². The Morgan fingerprint density at radius 3 is 2.68 bits per heavy atom. The average Bonchev–Trinajstić information content (AvgIpc) is 2.59. The maximum absolute atomic E-state index is 12.9. The van der Waals surface area contributed by atoms with Crippen molar-refractivity contribution in [2.45, 2.75) is 26.2 Å². The van der Waals surface area contributed by atoms with Crippen molar-refractivity contribution in [1.29, 1.82) is 0 Å². The Morgan fingerprint density at radius 2 is 2.00 bits per heavy atom. The van der Waals surface area contributed by atoms with Crippen molar-refractivity contribution in [3.05, 3.63) is 63.8 Å². The van der Waals surface area contributed by atoms with Gasteiger partial charge in [0, 0.05) is 18.8 Å². The first-order valence-corrected chi connectivity index (χ1v) is 8.19. The summed E-state index contributed by atoms with van der Waals surface area (Å²) in [5.41, 5.74) is 0.489. The SMILES string of the molecule is CCCCOc1c(C(=O)NCCc2ccc(F)cc2)n(N)ccc1=O. The first-order chi connectivity index (χ1) is 12.0. The molecule has 0 aliphatic rings. The van der Waals surface area contributed by atoms with E-state index in [1.165, 1.54) is 24.4 Å². The summed E-state index contributed by atoms with van der Waals surface area (Å²) in [5.74, 6) is 4.95. The van der Waals surface area contributed by atoms with Crippen molar-refractivity contribution in [2.24, 2.45) is 0 Å². The Morgan fingerprint density at radius 1 is 1.28 bits per heavy atom. The molecule has 1 aromatic carbocycles. The Balaban J connectivity index is 2.05. The van der Waals surface area contributed by atoms with Gasteiger partial charge in [0.15, 0.2) is 11.4 Å². The summed E-state index contributed by atoms with van der Waals surface area (Å²) in [4.78, 5) is 24.4. The highest BCUT2D eigenvalue weighted by Crippen LogP contribution is 2.12. The van der Waals surface area contributed by atoms with E-state index >= 15 is 0 Å². The highest BCUT2D eigenvalue weighted by atomic mass is 19.1. The minimum atomic E-state index is -0.492. The maximum atomic E-state index is 12.9. The molecule has 2 aromatic rings. The molecule has 0 aliphatic carbocycles. The number of hydrogen-bond donors (Lipinski definition) is 2. The molecule has 3 N–H and O–H groups in total. The highest BCUT2D eigenvalue weighted by Gasteiger charge is 2.19. The number of nitrogens with zero attached hydrogens (tertiary/aromatic N) is 1. The molecule has 0 fully saturated rings. The molecule has 1 amide bonds. The zero-order valence-corrected chi connectivity index (χ0v) is 14.1. The van der Waals surface area contributed by atoms with Crippen LogP contribution in [-0.2, 0) is 6.42 Å². The second-order valence-corrected chi connectivity index (χ2v) is 5.60. The zero-order chi connectivity index (χ0) is 18.2. The zero-order valence-electron chi connectivity index (χ0n) is 14.1. The molecule has 0 radical (unpaired) electrons. The second-order valence-electron chi connectivity index (χ2n) is 5.60. The molecule has 0 unspecified atom stereocenters. The number of aromatic nitrogens is 1. The summed E-state index contributed by atoms with van der Waals surface area (Å²) in [6.45, 7) is 2.66. The predicted octanol–water partition coefficient (Wildman–Crippen LogP) is 1.85. The van der Waals surface area contributed by atoms with E-state index in [1.807, 2.05) is 6.92 Å². The summed E-state index contributed by atoms with van der Waals surface area (Å²) in [5, 5.41) is 2.71. The highest BCUT2D eigenvalue weighted by molar-refractivity contribution is 5.95. The first kappa shape index (κ1) is 18.5. The maximum Gasteiger partial charge on any atom is 0.273 e. The van der Waals surface area contributed by atoms with E-state index < -0.39 is 5.91 Å². The van der Waals surface area contributed by atoms with E-state index in [4.69, 9.17) is 10.6 Å². The average molecular weight is 347 g/mol. The smallest absolute Gasteiger partial charge is 0.273 e. The van der Waals surface area contributed by atoms with Crippen LogP contribution >= 0.6 is 0 Å². The summed E-state index contributed by atoms with van der Waals surface area (Å²) in [7, 11) is 0. The summed E-state index contributed by atoms with van der Waals surface area (Å²) in [6, 6.07) is 7.30. The fourth-order valence-corrected chi connectivity index (χ4v) is 2.27. The Hall–Kier alpha value is -2.83. The van der Waals surface area contributed by atoms with Gasteiger partial charge in [0.25, 0.3) is 5.91 Å². The van der Waals surface area contributed by atoms with Crippen molar-refractivity contribution < 1.29 is 13.9 Å². The van der Waals surface area contributed by atoms with Gasteiger partial charge in [-0.1, -0.05) is 25.5 Å². The van der Waals surface area contributed by atoms with Crippen molar-refractivity contribution in [1.82, 2.24) is 9.99 Å². The molecule has 0 bridgehead atoms. The van der Waals surface area contributed by atoms with Gasteiger partial charge in [-0.15, -0.1) is 0 Å². The third-order valence-corrected chi connectivity index (χ3v) is 3.66. The van der Waals surface area contributed by atoms with Crippen molar-refractivity contribution >= 4 is 5.91 Å². The van der Waals surface area contributed by atoms with Gasteiger partial charge in [-0.3, -0.25) is 14.3 Å². The predicted molar refractivity (Wildman–Crippen MR) is 93.7 cm³/mol. The van der Waals surface area contributed by atoms with Gasteiger partial charge in [-0.2, -0.15) is 0 Å². The molecule has 0 saturated heterocycles. The monoisotopic (exact) mass is 347 g/mol. The molecular formula is C18H22FN3O3. The van der Waals surface area contributed by atoms with E-state index in [-0.39, 0.29) is 22.7 Å². The number of carbonyl (C=O) groups is 1. The minimum Gasteiger partial charge on any atom is -0.487 e. The van der Waals surface area contributed by atoms with Crippen LogP contribution < -0.4 is 21.3 Å². The molecule has 0 aliphatic heterocycles. The molecular weight excluding hydrogens is 325 g/mol. The van der Waals surface area contributed by atoms with Crippen LogP contribution in [0.1, 0.15) is 35.8 Å². The normalized spacial score (nSPS) is 10.5. The van der Waals surface area contributed by atoms with Gasteiger partial charge < -0.3 is 15.9 Å². The number of ether oxygens (including phenoxy) is 1. The van der Waals surface area contributed by atoms with Crippen LogP contribution in [0, 0.1) is 5.82 Å². The number of unbranched alkanes of at least 4 members (excludes halogenated alkanes) is 1. The number of halogens is 1. The number of nitrogens with two attached hydrogens (primary N) is 1. The number of nitrogen functional groups attached to an aromatic ring is 1. The number of amides is 1. The second kappa shape index (κ2) is 8.86. The standard InChI is InChI=1S/C18H22FN3O3/c1-2-3-12-25-17-15(23)9-11-22(20)16(17)18(24)21-10-8-13-4-6-14(19)7-5-13/h4-7,9,11H,2-3,8,10,12,20H2,1H3,(H,21,24).